The van der Waals surface area contributed by atoms with E-state index in [1.807, 2.05) is 59.4 Å². The third kappa shape index (κ3) is 2.19. The molecular weight excluding hydrogens is 258 g/mol. The number of aromatic nitrogens is 3. The summed E-state index contributed by atoms with van der Waals surface area (Å²) in [5.74, 6) is 0.830. The van der Waals surface area contributed by atoms with Gasteiger partial charge in [0.05, 0.1) is 11.2 Å². The van der Waals surface area contributed by atoms with Crippen LogP contribution in [0.3, 0.4) is 0 Å². The molecule has 3 nitrogen and oxygen atoms in total. The van der Waals surface area contributed by atoms with Crippen molar-refractivity contribution in [3.05, 3.63) is 79.0 Å². The van der Waals surface area contributed by atoms with Gasteiger partial charge >= 0.3 is 0 Å². The maximum absolute atomic E-state index is 4.65. The molecule has 0 bridgehead atoms. The van der Waals surface area contributed by atoms with Gasteiger partial charge in [0.15, 0.2) is 5.82 Å². The molecule has 0 spiro atoms. The Morgan fingerprint density at radius 1 is 0.714 bits per heavy atom. The summed E-state index contributed by atoms with van der Waals surface area (Å²) in [5, 5.41) is 5.75. The van der Waals surface area contributed by atoms with E-state index in [2.05, 4.69) is 34.3 Å². The maximum Gasteiger partial charge on any atom is 0.154 e. The molecule has 0 atom stereocenters. The molecular formula is C18H13N3. The number of nitrogens with zero attached hydrogens (tertiary/aromatic N) is 3. The molecule has 0 aliphatic rings. The van der Waals surface area contributed by atoms with Gasteiger partial charge in [0, 0.05) is 17.1 Å². The van der Waals surface area contributed by atoms with E-state index in [0.717, 1.165) is 28.0 Å². The second-order valence-corrected chi connectivity index (χ2v) is 4.87. The van der Waals surface area contributed by atoms with Crippen molar-refractivity contribution in [3.63, 3.8) is 0 Å². The minimum atomic E-state index is 0.830. The number of benzene rings is 2. The second kappa shape index (κ2) is 4.87. The van der Waals surface area contributed by atoms with Crippen molar-refractivity contribution in [2.75, 3.05) is 0 Å². The summed E-state index contributed by atoms with van der Waals surface area (Å²) in [6.45, 7) is 0. The number of para-hydroxylation sites is 1. The van der Waals surface area contributed by atoms with Gasteiger partial charge in [-0.2, -0.15) is 5.10 Å². The summed E-state index contributed by atoms with van der Waals surface area (Å²) >= 11 is 0. The van der Waals surface area contributed by atoms with Crippen LogP contribution in [0.4, 0.5) is 0 Å². The van der Waals surface area contributed by atoms with Crippen molar-refractivity contribution >= 4 is 10.9 Å². The SMILES string of the molecule is c1ccc(-c2ccn(-c3ccc4ccccc4n3)n2)cc1. The Balaban J connectivity index is 1.77. The third-order valence-corrected chi connectivity index (χ3v) is 3.48. The van der Waals surface area contributed by atoms with Gasteiger partial charge in [-0.25, -0.2) is 9.67 Å². The summed E-state index contributed by atoms with van der Waals surface area (Å²) in [4.78, 5) is 4.65. The van der Waals surface area contributed by atoms with Crippen LogP contribution in [-0.2, 0) is 0 Å². The first kappa shape index (κ1) is 11.9. The number of hydrogen-bond acceptors (Lipinski definition) is 2. The van der Waals surface area contributed by atoms with Crippen LogP contribution in [-0.4, -0.2) is 14.8 Å². The first-order valence-electron chi connectivity index (χ1n) is 6.87. The predicted molar refractivity (Wildman–Crippen MR) is 84.3 cm³/mol. The lowest BCUT2D eigenvalue weighted by Gasteiger charge is -2.02. The van der Waals surface area contributed by atoms with Gasteiger partial charge in [0.1, 0.15) is 0 Å². The highest BCUT2D eigenvalue weighted by molar-refractivity contribution is 5.79. The minimum absolute atomic E-state index is 0.830. The summed E-state index contributed by atoms with van der Waals surface area (Å²) < 4.78 is 1.81. The van der Waals surface area contributed by atoms with E-state index in [0.29, 0.717) is 0 Å². The third-order valence-electron chi connectivity index (χ3n) is 3.48. The Kier molecular flexibility index (Phi) is 2.75. The highest BCUT2D eigenvalue weighted by Gasteiger charge is 2.05. The van der Waals surface area contributed by atoms with Gasteiger partial charge in [-0.15, -0.1) is 0 Å². The van der Waals surface area contributed by atoms with Gasteiger partial charge < -0.3 is 0 Å². The Labute approximate surface area is 122 Å². The monoisotopic (exact) mass is 271 g/mol. The fraction of sp³-hybridized carbons (Fsp3) is 0. The van der Waals surface area contributed by atoms with E-state index < -0.39 is 0 Å². The molecule has 0 amide bonds. The molecule has 2 heterocycles. The fourth-order valence-electron chi connectivity index (χ4n) is 2.40. The number of pyridine rings is 1. The van der Waals surface area contributed by atoms with Crippen LogP contribution in [0, 0.1) is 0 Å². The van der Waals surface area contributed by atoms with Gasteiger partial charge in [-0.05, 0) is 24.3 Å². The van der Waals surface area contributed by atoms with E-state index >= 15 is 0 Å². The molecule has 0 fully saturated rings. The topological polar surface area (TPSA) is 30.7 Å². The van der Waals surface area contributed by atoms with Gasteiger partial charge in [-0.1, -0.05) is 48.5 Å². The average Bonchev–Trinajstić information content (AvgIpc) is 3.05. The van der Waals surface area contributed by atoms with E-state index in [4.69, 9.17) is 0 Å². The zero-order valence-corrected chi connectivity index (χ0v) is 11.3. The molecule has 3 heteroatoms. The van der Waals surface area contributed by atoms with Crippen LogP contribution in [0.25, 0.3) is 28.0 Å². The summed E-state index contributed by atoms with van der Waals surface area (Å²) in [6.07, 6.45) is 1.94. The van der Waals surface area contributed by atoms with Crippen LogP contribution < -0.4 is 0 Å². The lowest BCUT2D eigenvalue weighted by molar-refractivity contribution is 0.856. The fourth-order valence-corrected chi connectivity index (χ4v) is 2.40. The zero-order chi connectivity index (χ0) is 14.1. The van der Waals surface area contributed by atoms with Crippen molar-refractivity contribution in [2.24, 2.45) is 0 Å². The largest absolute Gasteiger partial charge is 0.229 e. The summed E-state index contributed by atoms with van der Waals surface area (Å²) in [7, 11) is 0. The van der Waals surface area contributed by atoms with Crippen LogP contribution in [0.2, 0.25) is 0 Å². The summed E-state index contributed by atoms with van der Waals surface area (Å²) in [6, 6.07) is 24.3. The van der Waals surface area contributed by atoms with E-state index in [9.17, 15) is 0 Å². The number of fused-ring (bicyclic) bond motifs is 1. The van der Waals surface area contributed by atoms with Crippen LogP contribution in [0.1, 0.15) is 0 Å². The molecule has 0 aliphatic carbocycles. The molecule has 2 aromatic carbocycles. The minimum Gasteiger partial charge on any atom is -0.229 e. The standard InChI is InChI=1S/C18H13N3/c1-2-6-14(7-3-1)17-12-13-21(20-17)18-11-10-15-8-4-5-9-16(15)19-18/h1-13H. The molecule has 4 rings (SSSR count). The van der Waals surface area contributed by atoms with Gasteiger partial charge in [-0.3, -0.25) is 0 Å². The lowest BCUT2D eigenvalue weighted by Crippen LogP contribution is -1.98. The van der Waals surface area contributed by atoms with Crippen molar-refractivity contribution < 1.29 is 0 Å². The number of hydrogen-bond donors (Lipinski definition) is 0. The van der Waals surface area contributed by atoms with Crippen molar-refractivity contribution in [1.82, 2.24) is 14.8 Å². The Morgan fingerprint density at radius 2 is 1.52 bits per heavy atom. The Bertz CT molecular complexity index is 894. The first-order chi connectivity index (χ1) is 10.4. The highest BCUT2D eigenvalue weighted by Crippen LogP contribution is 2.19. The van der Waals surface area contributed by atoms with Gasteiger partial charge in [0.2, 0.25) is 0 Å². The molecule has 0 saturated heterocycles. The lowest BCUT2D eigenvalue weighted by atomic mass is 10.2. The molecule has 0 unspecified atom stereocenters. The van der Waals surface area contributed by atoms with Crippen molar-refractivity contribution in [3.8, 4) is 17.1 Å². The molecule has 4 aromatic rings. The predicted octanol–water partition coefficient (Wildman–Crippen LogP) is 4.09. The zero-order valence-electron chi connectivity index (χ0n) is 11.3. The van der Waals surface area contributed by atoms with Crippen molar-refractivity contribution in [1.29, 1.82) is 0 Å². The molecule has 0 saturated carbocycles. The molecule has 0 N–H and O–H groups in total. The molecule has 100 valence electrons. The normalized spacial score (nSPS) is 10.9. The Morgan fingerprint density at radius 3 is 2.43 bits per heavy atom. The van der Waals surface area contributed by atoms with Crippen LogP contribution >= 0.6 is 0 Å². The molecule has 21 heavy (non-hydrogen) atoms. The summed E-state index contributed by atoms with van der Waals surface area (Å²) in [5.41, 5.74) is 3.04. The molecule has 0 aliphatic heterocycles. The van der Waals surface area contributed by atoms with Crippen molar-refractivity contribution in [2.45, 2.75) is 0 Å². The first-order valence-corrected chi connectivity index (χ1v) is 6.87. The van der Waals surface area contributed by atoms with E-state index in [1.165, 1.54) is 0 Å². The van der Waals surface area contributed by atoms with E-state index in [1.54, 1.807) is 0 Å². The smallest absolute Gasteiger partial charge is 0.154 e. The molecule has 2 aromatic heterocycles. The maximum atomic E-state index is 4.65. The second-order valence-electron chi connectivity index (χ2n) is 4.87. The molecule has 0 radical (unpaired) electrons. The van der Waals surface area contributed by atoms with Gasteiger partial charge in [0.25, 0.3) is 0 Å². The quantitative estimate of drug-likeness (QED) is 0.550. The number of rotatable bonds is 2. The highest BCUT2D eigenvalue weighted by atomic mass is 15.3. The van der Waals surface area contributed by atoms with Crippen LogP contribution in [0.15, 0.2) is 79.0 Å². The van der Waals surface area contributed by atoms with E-state index in [-0.39, 0.29) is 0 Å². The average molecular weight is 271 g/mol. The van der Waals surface area contributed by atoms with Crippen LogP contribution in [0.5, 0.6) is 0 Å². The Hall–Kier alpha value is -2.94.